The molecule has 2 atom stereocenters. The fourth-order valence-electron chi connectivity index (χ4n) is 5.10. The van der Waals surface area contributed by atoms with Gasteiger partial charge in [0.15, 0.2) is 17.3 Å². The maximum atomic E-state index is 14.0. The second kappa shape index (κ2) is 13.2. The average Bonchev–Trinajstić information content (AvgIpc) is 3.32. The molecule has 0 spiro atoms. The van der Waals surface area contributed by atoms with Gasteiger partial charge in [0, 0.05) is 38.5 Å². The molecule has 1 amide bonds. The highest BCUT2D eigenvalue weighted by Gasteiger charge is 2.42. The van der Waals surface area contributed by atoms with Crippen LogP contribution in [0.2, 0.25) is 0 Å². The highest BCUT2D eigenvalue weighted by molar-refractivity contribution is 5.89. The first-order chi connectivity index (χ1) is 20.2. The van der Waals surface area contributed by atoms with Crippen molar-refractivity contribution in [3.8, 4) is 0 Å². The minimum Gasteiger partial charge on any atom is -0.431 e. The maximum absolute atomic E-state index is 14.0. The van der Waals surface area contributed by atoms with Crippen LogP contribution in [0.1, 0.15) is 73.0 Å². The molecular weight excluding hydrogens is 590 g/mol. The van der Waals surface area contributed by atoms with Gasteiger partial charge in [0.1, 0.15) is 11.9 Å². The van der Waals surface area contributed by atoms with Crippen molar-refractivity contribution in [2.75, 3.05) is 6.54 Å². The normalized spacial score (nSPS) is 17.2. The van der Waals surface area contributed by atoms with Crippen LogP contribution in [0.25, 0.3) is 0 Å². The summed E-state index contributed by atoms with van der Waals surface area (Å²) in [6.07, 6.45) is -4.53. The number of hydrogen-bond acceptors (Lipinski definition) is 8. The summed E-state index contributed by atoms with van der Waals surface area (Å²) in [4.78, 5) is 42.5. The van der Waals surface area contributed by atoms with Gasteiger partial charge in [-0.3, -0.25) is 4.79 Å². The second-order valence-corrected chi connectivity index (χ2v) is 10.4. The SMILES string of the molecule is CC(OC(=O)OC1CCCCC1)OC(=O)c1nc(C(F)(F)F)n2c1CN(C(=O)CC(N)Cc1cc(F)c(F)cc1F)CC2. The zero-order valence-corrected chi connectivity index (χ0v) is 23.1. The van der Waals surface area contributed by atoms with Gasteiger partial charge in [-0.25, -0.2) is 27.7 Å². The number of hydrogen-bond donors (Lipinski definition) is 1. The molecular formula is C27H30F6N4O6. The van der Waals surface area contributed by atoms with Crippen molar-refractivity contribution in [2.24, 2.45) is 5.73 Å². The van der Waals surface area contributed by atoms with Gasteiger partial charge in [-0.2, -0.15) is 13.2 Å². The number of halogens is 6. The van der Waals surface area contributed by atoms with Crippen LogP contribution in [0, 0.1) is 17.5 Å². The van der Waals surface area contributed by atoms with Gasteiger partial charge in [-0.05, 0) is 43.7 Å². The number of fused-ring (bicyclic) bond motifs is 1. The Morgan fingerprint density at radius 2 is 1.70 bits per heavy atom. The highest BCUT2D eigenvalue weighted by atomic mass is 19.4. The molecule has 2 N–H and O–H groups in total. The van der Waals surface area contributed by atoms with Crippen LogP contribution in [0.5, 0.6) is 0 Å². The average molecular weight is 621 g/mol. The number of carbonyl (C=O) groups is 3. The topological polar surface area (TPSA) is 126 Å². The summed E-state index contributed by atoms with van der Waals surface area (Å²) < 4.78 is 97.8. The van der Waals surface area contributed by atoms with E-state index >= 15 is 0 Å². The number of alkyl halides is 3. The van der Waals surface area contributed by atoms with E-state index in [0.717, 1.165) is 28.7 Å². The molecule has 236 valence electrons. The molecule has 0 radical (unpaired) electrons. The molecule has 1 aromatic heterocycles. The predicted molar refractivity (Wildman–Crippen MR) is 135 cm³/mol. The number of esters is 1. The van der Waals surface area contributed by atoms with Crippen molar-refractivity contribution >= 4 is 18.0 Å². The van der Waals surface area contributed by atoms with Crippen LogP contribution in [-0.2, 0) is 44.7 Å². The van der Waals surface area contributed by atoms with Crippen molar-refractivity contribution in [1.29, 1.82) is 0 Å². The summed E-state index contributed by atoms with van der Waals surface area (Å²) in [5.41, 5.74) is 4.68. The zero-order chi connectivity index (χ0) is 31.5. The number of imidazole rings is 1. The van der Waals surface area contributed by atoms with Crippen molar-refractivity contribution in [3.63, 3.8) is 0 Å². The summed E-state index contributed by atoms with van der Waals surface area (Å²) in [5.74, 6) is -7.07. The summed E-state index contributed by atoms with van der Waals surface area (Å²) in [6.45, 7) is 0.138. The number of ether oxygens (including phenoxy) is 3. The van der Waals surface area contributed by atoms with Crippen molar-refractivity contribution in [1.82, 2.24) is 14.5 Å². The van der Waals surface area contributed by atoms with E-state index < -0.39 is 78.5 Å². The number of nitrogens with two attached hydrogens (primary N) is 1. The van der Waals surface area contributed by atoms with Crippen LogP contribution in [0.15, 0.2) is 12.1 Å². The first kappa shape index (κ1) is 32.1. The van der Waals surface area contributed by atoms with Crippen LogP contribution >= 0.6 is 0 Å². The van der Waals surface area contributed by atoms with E-state index in [1.54, 1.807) is 0 Å². The largest absolute Gasteiger partial charge is 0.511 e. The Hall–Kier alpha value is -3.82. The van der Waals surface area contributed by atoms with Gasteiger partial charge in [0.25, 0.3) is 0 Å². The smallest absolute Gasteiger partial charge is 0.431 e. The van der Waals surface area contributed by atoms with Gasteiger partial charge < -0.3 is 29.4 Å². The Labute approximate surface area is 242 Å². The van der Waals surface area contributed by atoms with Gasteiger partial charge in [0.05, 0.1) is 12.2 Å². The van der Waals surface area contributed by atoms with Gasteiger partial charge >= 0.3 is 18.3 Å². The Kier molecular flexibility index (Phi) is 9.87. The molecule has 0 bridgehead atoms. The summed E-state index contributed by atoms with van der Waals surface area (Å²) in [5, 5.41) is 0. The van der Waals surface area contributed by atoms with Gasteiger partial charge in [-0.15, -0.1) is 0 Å². The third kappa shape index (κ3) is 7.97. The van der Waals surface area contributed by atoms with Crippen molar-refractivity contribution in [2.45, 2.75) is 89.6 Å². The second-order valence-electron chi connectivity index (χ2n) is 10.4. The molecule has 43 heavy (non-hydrogen) atoms. The van der Waals surface area contributed by atoms with Crippen LogP contribution in [0.3, 0.4) is 0 Å². The van der Waals surface area contributed by atoms with Crippen LogP contribution in [-0.4, -0.2) is 57.5 Å². The van der Waals surface area contributed by atoms with E-state index in [4.69, 9.17) is 19.9 Å². The van der Waals surface area contributed by atoms with Crippen LogP contribution in [0.4, 0.5) is 31.1 Å². The molecule has 2 unspecified atom stereocenters. The Bertz CT molecular complexity index is 1360. The Morgan fingerprint density at radius 3 is 2.37 bits per heavy atom. The Balaban J connectivity index is 1.42. The molecule has 1 saturated carbocycles. The van der Waals surface area contributed by atoms with Crippen molar-refractivity contribution in [3.05, 3.63) is 52.4 Å². The monoisotopic (exact) mass is 620 g/mol. The first-order valence-electron chi connectivity index (χ1n) is 13.6. The Morgan fingerprint density at radius 1 is 1.02 bits per heavy atom. The number of benzene rings is 1. The molecule has 16 heteroatoms. The van der Waals surface area contributed by atoms with E-state index in [9.17, 15) is 40.7 Å². The molecule has 4 rings (SSSR count). The van der Waals surface area contributed by atoms with Crippen LogP contribution < -0.4 is 5.73 Å². The molecule has 2 heterocycles. The third-order valence-electron chi connectivity index (χ3n) is 7.16. The summed E-state index contributed by atoms with van der Waals surface area (Å²) >= 11 is 0. The fraction of sp³-hybridized carbons (Fsp3) is 0.556. The lowest BCUT2D eigenvalue weighted by Gasteiger charge is -2.30. The van der Waals surface area contributed by atoms with E-state index in [1.807, 2.05) is 0 Å². The summed E-state index contributed by atoms with van der Waals surface area (Å²) in [7, 11) is 0. The first-order valence-corrected chi connectivity index (χ1v) is 13.6. The molecule has 1 aromatic carbocycles. The minimum atomic E-state index is -4.94. The van der Waals surface area contributed by atoms with E-state index in [-0.39, 0.29) is 36.9 Å². The maximum Gasteiger partial charge on any atom is 0.511 e. The zero-order valence-electron chi connectivity index (χ0n) is 23.1. The lowest BCUT2D eigenvalue weighted by molar-refractivity contribution is -0.148. The molecule has 2 aromatic rings. The number of aromatic nitrogens is 2. The lowest BCUT2D eigenvalue weighted by atomic mass is 9.98. The molecule has 2 aliphatic rings. The predicted octanol–water partition coefficient (Wildman–Crippen LogP) is 4.61. The number of nitrogens with zero attached hydrogens (tertiary/aromatic N) is 3. The molecule has 1 aliphatic heterocycles. The molecule has 1 fully saturated rings. The molecule has 1 aliphatic carbocycles. The lowest BCUT2D eigenvalue weighted by Crippen LogP contribution is -2.42. The minimum absolute atomic E-state index is 0.196. The number of amides is 1. The highest BCUT2D eigenvalue weighted by Crippen LogP contribution is 2.33. The standard InChI is InChI=1S/C27H30F6N4O6/c1-14(42-26(40)43-17-5-3-2-4-6-17)41-24(39)23-21-13-36(7-8-37(21)25(35-23)27(31,32)33)22(38)11-16(34)9-15-10-19(29)20(30)12-18(15)28/h10,12,14,16-17H,2-9,11,13,34H2,1H3. The summed E-state index contributed by atoms with van der Waals surface area (Å²) in [6, 6.07) is -0.0545. The van der Waals surface area contributed by atoms with Gasteiger partial charge in [0.2, 0.25) is 18.0 Å². The molecule has 10 nitrogen and oxygen atoms in total. The van der Waals surface area contributed by atoms with E-state index in [0.29, 0.717) is 25.0 Å². The van der Waals surface area contributed by atoms with E-state index in [1.165, 1.54) is 6.92 Å². The quantitative estimate of drug-likeness (QED) is 0.196. The molecule has 0 saturated heterocycles. The van der Waals surface area contributed by atoms with E-state index in [2.05, 4.69) is 4.98 Å². The third-order valence-corrected chi connectivity index (χ3v) is 7.16. The number of rotatable bonds is 8. The van der Waals surface area contributed by atoms with Gasteiger partial charge in [-0.1, -0.05) is 6.42 Å². The van der Waals surface area contributed by atoms with Crippen molar-refractivity contribution < 1.29 is 54.9 Å². The fourth-order valence-corrected chi connectivity index (χ4v) is 5.10. The number of carbonyl (C=O) groups excluding carboxylic acids is 3.